The summed E-state index contributed by atoms with van der Waals surface area (Å²) >= 11 is 6.60. The molecule has 9 heteroatoms. The lowest BCUT2D eigenvalue weighted by molar-refractivity contribution is 0.324. The van der Waals surface area contributed by atoms with Crippen molar-refractivity contribution in [1.82, 2.24) is 9.97 Å². The van der Waals surface area contributed by atoms with E-state index < -0.39 is 0 Å². The number of rotatable bonds is 6. The number of ether oxygens (including phenoxy) is 3. The molecule has 0 bridgehead atoms. The van der Waals surface area contributed by atoms with Gasteiger partial charge in [0, 0.05) is 31.4 Å². The Kier molecular flexibility index (Phi) is 5.51. The van der Waals surface area contributed by atoms with Crippen molar-refractivity contribution in [3.8, 4) is 17.2 Å². The fraction of sp³-hybridized carbons (Fsp3) is 0.263. The van der Waals surface area contributed by atoms with E-state index in [9.17, 15) is 0 Å². The lowest BCUT2D eigenvalue weighted by atomic mass is 10.1. The first-order chi connectivity index (χ1) is 13.4. The normalized spacial score (nSPS) is 10.8. The second-order valence-corrected chi connectivity index (χ2v) is 6.52. The fourth-order valence-corrected chi connectivity index (χ4v) is 3.35. The van der Waals surface area contributed by atoms with Crippen molar-refractivity contribution < 1.29 is 14.2 Å². The van der Waals surface area contributed by atoms with E-state index >= 15 is 0 Å². The highest BCUT2D eigenvalue weighted by molar-refractivity contribution is 6.37. The summed E-state index contributed by atoms with van der Waals surface area (Å²) < 4.78 is 16.2. The molecule has 0 saturated heterocycles. The first-order valence-corrected chi connectivity index (χ1v) is 8.78. The number of hydrogen-bond donors (Lipinski definition) is 2. The van der Waals surface area contributed by atoms with Crippen molar-refractivity contribution in [3.05, 3.63) is 34.9 Å². The zero-order valence-corrected chi connectivity index (χ0v) is 16.9. The highest BCUT2D eigenvalue weighted by Gasteiger charge is 2.17. The zero-order chi connectivity index (χ0) is 20.4. The molecule has 0 aliphatic carbocycles. The van der Waals surface area contributed by atoms with E-state index in [0.717, 1.165) is 11.3 Å². The molecular formula is C19H22ClN5O3. The van der Waals surface area contributed by atoms with Gasteiger partial charge < -0.3 is 30.6 Å². The zero-order valence-electron chi connectivity index (χ0n) is 16.1. The number of anilines is 3. The number of aromatic nitrogens is 2. The van der Waals surface area contributed by atoms with Gasteiger partial charge in [-0.1, -0.05) is 17.7 Å². The summed E-state index contributed by atoms with van der Waals surface area (Å²) in [7, 11) is 6.66. The second kappa shape index (κ2) is 7.85. The van der Waals surface area contributed by atoms with Crippen molar-refractivity contribution in [1.29, 1.82) is 0 Å². The van der Waals surface area contributed by atoms with Gasteiger partial charge >= 0.3 is 0 Å². The Morgan fingerprint density at radius 1 is 1.00 bits per heavy atom. The third kappa shape index (κ3) is 3.50. The molecule has 0 atom stereocenters. The van der Waals surface area contributed by atoms with E-state index in [2.05, 4.69) is 9.97 Å². The Bertz CT molecular complexity index is 1000. The molecule has 148 valence electrons. The smallest absolute Gasteiger partial charge is 0.222 e. The van der Waals surface area contributed by atoms with Crippen LogP contribution in [0.25, 0.3) is 10.9 Å². The average Bonchev–Trinajstić information content (AvgIpc) is 2.68. The van der Waals surface area contributed by atoms with Crippen molar-refractivity contribution >= 4 is 40.0 Å². The lowest BCUT2D eigenvalue weighted by Crippen LogP contribution is -2.17. The van der Waals surface area contributed by atoms with E-state index in [-0.39, 0.29) is 11.8 Å². The van der Waals surface area contributed by atoms with E-state index in [1.54, 1.807) is 21.3 Å². The van der Waals surface area contributed by atoms with Crippen LogP contribution in [-0.2, 0) is 6.54 Å². The molecule has 3 rings (SSSR count). The summed E-state index contributed by atoms with van der Waals surface area (Å²) in [4.78, 5) is 10.2. The molecule has 1 heterocycles. The van der Waals surface area contributed by atoms with Crippen LogP contribution in [0.5, 0.6) is 17.2 Å². The second-order valence-electron chi connectivity index (χ2n) is 6.14. The Labute approximate surface area is 168 Å². The van der Waals surface area contributed by atoms with Crippen molar-refractivity contribution in [2.45, 2.75) is 6.54 Å². The summed E-state index contributed by atoms with van der Waals surface area (Å²) in [5.74, 6) is 2.05. The summed E-state index contributed by atoms with van der Waals surface area (Å²) in [5.41, 5.74) is 14.0. The standard InChI is InChI=1S/C19H22ClN5O3/c1-25(11-7-13(26-2)17(28-4)14(8-11)27-3)9-10-5-6-12-15(16(10)20)18(21)24-19(22)23-12/h5-8H,9H2,1-4H3,(H4,21,22,23,24). The molecule has 0 saturated carbocycles. The topological polar surface area (TPSA) is 109 Å². The first kappa shape index (κ1) is 19.6. The maximum absolute atomic E-state index is 6.60. The summed E-state index contributed by atoms with van der Waals surface area (Å²) in [6.07, 6.45) is 0. The third-order valence-electron chi connectivity index (χ3n) is 4.42. The predicted molar refractivity (Wildman–Crippen MR) is 112 cm³/mol. The number of halogens is 1. The van der Waals surface area contributed by atoms with Crippen LogP contribution in [-0.4, -0.2) is 38.3 Å². The third-order valence-corrected chi connectivity index (χ3v) is 4.86. The van der Waals surface area contributed by atoms with Crippen molar-refractivity contribution in [2.24, 2.45) is 0 Å². The number of nitrogen functional groups attached to an aromatic ring is 2. The van der Waals surface area contributed by atoms with Gasteiger partial charge in [0.05, 0.1) is 37.3 Å². The number of fused-ring (bicyclic) bond motifs is 1. The van der Waals surface area contributed by atoms with Gasteiger partial charge in [0.25, 0.3) is 0 Å². The fourth-order valence-electron chi connectivity index (χ4n) is 3.03. The molecule has 4 N–H and O–H groups in total. The number of hydrogen-bond acceptors (Lipinski definition) is 8. The Morgan fingerprint density at radius 3 is 2.21 bits per heavy atom. The maximum Gasteiger partial charge on any atom is 0.222 e. The first-order valence-electron chi connectivity index (χ1n) is 8.40. The van der Waals surface area contributed by atoms with Crippen LogP contribution in [0.1, 0.15) is 5.56 Å². The quantitative estimate of drug-likeness (QED) is 0.646. The van der Waals surface area contributed by atoms with Crippen LogP contribution in [0, 0.1) is 0 Å². The van der Waals surface area contributed by atoms with Crippen LogP contribution in [0.4, 0.5) is 17.5 Å². The molecule has 0 radical (unpaired) electrons. The Hall–Kier alpha value is -3.13. The number of nitrogens with zero attached hydrogens (tertiary/aromatic N) is 3. The van der Waals surface area contributed by atoms with Crippen molar-refractivity contribution in [3.63, 3.8) is 0 Å². The molecule has 0 spiro atoms. The van der Waals surface area contributed by atoms with Crippen LogP contribution in [0.2, 0.25) is 5.02 Å². The van der Waals surface area contributed by atoms with Gasteiger partial charge in [-0.2, -0.15) is 4.98 Å². The van der Waals surface area contributed by atoms with Gasteiger partial charge in [0.1, 0.15) is 5.82 Å². The Balaban J connectivity index is 1.99. The van der Waals surface area contributed by atoms with Gasteiger partial charge in [-0.15, -0.1) is 0 Å². The van der Waals surface area contributed by atoms with Gasteiger partial charge in [-0.05, 0) is 11.6 Å². The van der Waals surface area contributed by atoms with Crippen molar-refractivity contribution in [2.75, 3.05) is 44.7 Å². The van der Waals surface area contributed by atoms with E-state index in [1.165, 1.54) is 0 Å². The number of benzene rings is 2. The molecule has 0 aliphatic rings. The number of methoxy groups -OCH3 is 3. The molecule has 2 aromatic carbocycles. The van der Waals surface area contributed by atoms with Crippen LogP contribution < -0.4 is 30.6 Å². The maximum atomic E-state index is 6.60. The summed E-state index contributed by atoms with van der Waals surface area (Å²) in [6, 6.07) is 7.46. The molecule has 0 fully saturated rings. The van der Waals surface area contributed by atoms with Gasteiger partial charge in [0.15, 0.2) is 11.5 Å². The minimum Gasteiger partial charge on any atom is -0.493 e. The van der Waals surface area contributed by atoms with E-state index in [1.807, 2.05) is 36.2 Å². The minimum atomic E-state index is 0.114. The van der Waals surface area contributed by atoms with Gasteiger partial charge in [-0.3, -0.25) is 0 Å². The predicted octanol–water partition coefficient (Wildman–Crippen LogP) is 3.11. The van der Waals surface area contributed by atoms with Crippen LogP contribution in [0.3, 0.4) is 0 Å². The molecule has 8 nitrogen and oxygen atoms in total. The SMILES string of the molecule is COc1cc(N(C)Cc2ccc3nc(N)nc(N)c3c2Cl)cc(OC)c1OC. The van der Waals surface area contributed by atoms with Crippen LogP contribution in [0.15, 0.2) is 24.3 Å². The molecular weight excluding hydrogens is 382 g/mol. The molecule has 1 aromatic heterocycles. The van der Waals surface area contributed by atoms with Crippen LogP contribution >= 0.6 is 11.6 Å². The number of nitrogens with two attached hydrogens (primary N) is 2. The van der Waals surface area contributed by atoms with Gasteiger partial charge in [0.2, 0.25) is 11.7 Å². The van der Waals surface area contributed by atoms with Gasteiger partial charge in [-0.25, -0.2) is 4.98 Å². The largest absolute Gasteiger partial charge is 0.493 e. The minimum absolute atomic E-state index is 0.114. The lowest BCUT2D eigenvalue weighted by Gasteiger charge is -2.23. The highest BCUT2D eigenvalue weighted by atomic mass is 35.5. The average molecular weight is 404 g/mol. The highest BCUT2D eigenvalue weighted by Crippen LogP contribution is 2.41. The summed E-state index contributed by atoms with van der Waals surface area (Å²) in [5, 5.41) is 1.08. The van der Waals surface area contributed by atoms with E-state index in [0.29, 0.717) is 39.7 Å². The summed E-state index contributed by atoms with van der Waals surface area (Å²) in [6.45, 7) is 0.511. The van der Waals surface area contributed by atoms with E-state index in [4.69, 9.17) is 37.3 Å². The molecule has 3 aromatic rings. The monoisotopic (exact) mass is 403 g/mol. The molecule has 0 aliphatic heterocycles. The Morgan fingerprint density at radius 2 is 1.64 bits per heavy atom. The molecule has 0 unspecified atom stereocenters. The molecule has 0 amide bonds. The molecule has 28 heavy (non-hydrogen) atoms.